The number of pyridine rings is 1. The molecule has 0 radical (unpaired) electrons. The SMILES string of the molecule is NS(=O)(=O)OC1CCC(NC(=O)c2cnc3cc(OC(F)F)c(Cl)cc3c2)CC1.[HH]. The van der Waals surface area contributed by atoms with Crippen molar-refractivity contribution < 1.29 is 32.3 Å². The maximum absolute atomic E-state index is 12.5. The van der Waals surface area contributed by atoms with Gasteiger partial charge in [-0.05, 0) is 37.8 Å². The molecule has 0 atom stereocenters. The number of aromatic nitrogens is 1. The van der Waals surface area contributed by atoms with E-state index in [1.165, 1.54) is 18.3 Å². The van der Waals surface area contributed by atoms with Crippen LogP contribution in [0.1, 0.15) is 37.5 Å². The van der Waals surface area contributed by atoms with Gasteiger partial charge in [-0.25, -0.2) is 5.14 Å². The summed E-state index contributed by atoms with van der Waals surface area (Å²) in [6.45, 7) is -3.01. The molecule has 1 amide bonds. The Morgan fingerprint density at radius 2 is 1.97 bits per heavy atom. The van der Waals surface area contributed by atoms with E-state index in [2.05, 4.69) is 15.0 Å². The van der Waals surface area contributed by atoms with Crippen molar-refractivity contribution in [2.45, 2.75) is 44.4 Å². The van der Waals surface area contributed by atoms with Crippen molar-refractivity contribution in [1.82, 2.24) is 10.3 Å². The third-order valence-electron chi connectivity index (χ3n) is 4.49. The fraction of sp³-hybridized carbons (Fsp3) is 0.412. The summed E-state index contributed by atoms with van der Waals surface area (Å²) < 4.78 is 55.8. The summed E-state index contributed by atoms with van der Waals surface area (Å²) in [5.41, 5.74) is 0.626. The molecular formula is C17H20ClF2N3O5S. The van der Waals surface area contributed by atoms with Crippen LogP contribution in [0.5, 0.6) is 5.75 Å². The fourth-order valence-corrected chi connectivity index (χ4v) is 3.99. The summed E-state index contributed by atoms with van der Waals surface area (Å²) in [5.74, 6) is -0.559. The Labute approximate surface area is 172 Å². The molecule has 3 rings (SSSR count). The van der Waals surface area contributed by atoms with E-state index in [9.17, 15) is 22.0 Å². The Hall–Kier alpha value is -2.08. The molecule has 8 nitrogen and oxygen atoms in total. The maximum atomic E-state index is 12.5. The van der Waals surface area contributed by atoms with Gasteiger partial charge in [0, 0.05) is 25.1 Å². The number of carbonyl (C=O) groups is 1. The van der Waals surface area contributed by atoms with E-state index in [0.29, 0.717) is 36.6 Å². The Morgan fingerprint density at radius 3 is 2.59 bits per heavy atom. The first-order valence-corrected chi connectivity index (χ1v) is 10.5. The van der Waals surface area contributed by atoms with E-state index in [-0.39, 0.29) is 29.7 Å². The highest BCUT2D eigenvalue weighted by atomic mass is 35.5. The molecular weight excluding hydrogens is 432 g/mol. The number of hydrogen-bond acceptors (Lipinski definition) is 6. The van der Waals surface area contributed by atoms with Gasteiger partial charge in [0.2, 0.25) is 0 Å². The highest BCUT2D eigenvalue weighted by Crippen LogP contribution is 2.31. The molecule has 0 aliphatic heterocycles. The number of amides is 1. The van der Waals surface area contributed by atoms with Crippen LogP contribution in [-0.4, -0.2) is 38.1 Å². The molecule has 1 heterocycles. The Morgan fingerprint density at radius 1 is 1.28 bits per heavy atom. The third-order valence-corrected chi connectivity index (χ3v) is 5.33. The summed E-state index contributed by atoms with van der Waals surface area (Å²) in [5, 5.41) is 8.20. The van der Waals surface area contributed by atoms with Gasteiger partial charge in [-0.15, -0.1) is 0 Å². The topological polar surface area (TPSA) is 121 Å². The number of nitrogens with zero attached hydrogens (tertiary/aromatic N) is 1. The lowest BCUT2D eigenvalue weighted by Gasteiger charge is -2.28. The smallest absolute Gasteiger partial charge is 0.387 e. The minimum absolute atomic E-state index is 0. The molecule has 2 aromatic rings. The van der Waals surface area contributed by atoms with Crippen molar-refractivity contribution in [1.29, 1.82) is 0 Å². The molecule has 1 saturated carbocycles. The van der Waals surface area contributed by atoms with Gasteiger partial charge < -0.3 is 10.1 Å². The Balaban J connectivity index is 0.00000320. The number of nitrogens with two attached hydrogens (primary N) is 1. The second-order valence-electron chi connectivity index (χ2n) is 6.61. The van der Waals surface area contributed by atoms with Gasteiger partial charge in [0.1, 0.15) is 5.75 Å². The lowest BCUT2D eigenvalue weighted by Crippen LogP contribution is -2.40. The summed E-state index contributed by atoms with van der Waals surface area (Å²) in [6, 6.07) is 4.07. The summed E-state index contributed by atoms with van der Waals surface area (Å²) in [7, 11) is -4.00. The van der Waals surface area contributed by atoms with Crippen LogP contribution in [0.3, 0.4) is 0 Å². The predicted octanol–water partition coefficient (Wildman–Crippen LogP) is 3.00. The second-order valence-corrected chi connectivity index (χ2v) is 8.20. The molecule has 1 aromatic heterocycles. The van der Waals surface area contributed by atoms with Crippen LogP contribution in [0, 0.1) is 0 Å². The monoisotopic (exact) mass is 451 g/mol. The van der Waals surface area contributed by atoms with Crippen molar-refractivity contribution in [2.75, 3.05) is 0 Å². The lowest BCUT2D eigenvalue weighted by atomic mass is 9.93. The zero-order chi connectivity index (χ0) is 21.2. The summed E-state index contributed by atoms with van der Waals surface area (Å²) in [4.78, 5) is 16.6. The normalized spacial score (nSPS) is 20.0. The molecule has 29 heavy (non-hydrogen) atoms. The van der Waals surface area contributed by atoms with Gasteiger partial charge in [-0.2, -0.15) is 17.2 Å². The van der Waals surface area contributed by atoms with E-state index in [1.807, 2.05) is 0 Å². The number of carbonyl (C=O) groups excluding carboxylic acids is 1. The Bertz CT molecular complexity index is 1020. The van der Waals surface area contributed by atoms with Crippen LogP contribution in [0.2, 0.25) is 5.02 Å². The number of nitrogens with one attached hydrogen (secondary N) is 1. The van der Waals surface area contributed by atoms with Gasteiger partial charge in [0.05, 0.1) is 22.2 Å². The number of benzene rings is 1. The van der Waals surface area contributed by atoms with E-state index < -0.39 is 23.0 Å². The number of alkyl halides is 2. The van der Waals surface area contributed by atoms with E-state index in [1.54, 1.807) is 6.07 Å². The quantitative estimate of drug-likeness (QED) is 0.696. The summed E-state index contributed by atoms with van der Waals surface area (Å²) in [6.07, 6.45) is 2.79. The average molecular weight is 452 g/mol. The van der Waals surface area contributed by atoms with Crippen LogP contribution in [0.4, 0.5) is 8.78 Å². The van der Waals surface area contributed by atoms with Crippen LogP contribution < -0.4 is 15.2 Å². The minimum Gasteiger partial charge on any atom is -0.433 e. The fourth-order valence-electron chi connectivity index (χ4n) is 3.20. The number of fused-ring (bicyclic) bond motifs is 1. The summed E-state index contributed by atoms with van der Waals surface area (Å²) >= 11 is 5.94. The van der Waals surface area contributed by atoms with Crippen LogP contribution in [-0.2, 0) is 14.5 Å². The maximum Gasteiger partial charge on any atom is 0.387 e. The molecule has 1 aliphatic carbocycles. The van der Waals surface area contributed by atoms with Crippen molar-refractivity contribution in [3.05, 3.63) is 35.0 Å². The first-order valence-electron chi connectivity index (χ1n) is 8.66. The predicted molar refractivity (Wildman–Crippen MR) is 103 cm³/mol. The van der Waals surface area contributed by atoms with Crippen molar-refractivity contribution >= 4 is 38.7 Å². The molecule has 12 heteroatoms. The molecule has 0 bridgehead atoms. The number of ether oxygens (including phenoxy) is 1. The molecule has 0 unspecified atom stereocenters. The van der Waals surface area contributed by atoms with Gasteiger partial charge in [0.15, 0.2) is 0 Å². The molecule has 0 saturated heterocycles. The second kappa shape index (κ2) is 8.74. The molecule has 0 spiro atoms. The number of halogens is 3. The van der Waals surface area contributed by atoms with Crippen molar-refractivity contribution in [3.63, 3.8) is 0 Å². The van der Waals surface area contributed by atoms with Crippen molar-refractivity contribution in [3.8, 4) is 5.75 Å². The van der Waals surface area contributed by atoms with Gasteiger partial charge in [-0.1, -0.05) is 11.6 Å². The number of rotatable bonds is 6. The zero-order valence-electron chi connectivity index (χ0n) is 15.0. The van der Waals surface area contributed by atoms with Gasteiger partial charge >= 0.3 is 16.9 Å². The minimum atomic E-state index is -4.00. The highest BCUT2D eigenvalue weighted by Gasteiger charge is 2.26. The van der Waals surface area contributed by atoms with E-state index in [0.717, 1.165) is 0 Å². The van der Waals surface area contributed by atoms with Crippen LogP contribution >= 0.6 is 11.6 Å². The standard InChI is InChI=1S/C17H18ClF2N3O5S.H2/c18-13-6-9-5-10(8-22-14(9)7-15(13)27-17(19)20)16(24)23-11-1-3-12(4-2-11)28-29(21,25)26;/h5-8,11-12,17H,1-4H2,(H,23,24)(H2,21,25,26);1H. The van der Waals surface area contributed by atoms with Gasteiger partial charge in [0.25, 0.3) is 5.91 Å². The molecule has 1 fully saturated rings. The molecule has 3 N–H and O–H groups in total. The zero-order valence-corrected chi connectivity index (χ0v) is 16.6. The van der Waals surface area contributed by atoms with Crippen LogP contribution in [0.25, 0.3) is 10.9 Å². The van der Waals surface area contributed by atoms with Crippen molar-refractivity contribution in [2.24, 2.45) is 5.14 Å². The van der Waals surface area contributed by atoms with E-state index in [4.69, 9.17) is 20.9 Å². The first-order chi connectivity index (χ1) is 13.6. The van der Waals surface area contributed by atoms with E-state index >= 15 is 0 Å². The van der Waals surface area contributed by atoms with Crippen LogP contribution in [0.15, 0.2) is 24.4 Å². The largest absolute Gasteiger partial charge is 0.433 e. The highest BCUT2D eigenvalue weighted by molar-refractivity contribution is 7.84. The molecule has 160 valence electrons. The number of hydrogen-bond donors (Lipinski definition) is 2. The lowest BCUT2D eigenvalue weighted by molar-refractivity contribution is -0.0497. The molecule has 1 aliphatic rings. The Kier molecular flexibility index (Phi) is 6.52. The first kappa shape index (κ1) is 21.6. The molecule has 1 aromatic carbocycles. The van der Waals surface area contributed by atoms with Gasteiger partial charge in [-0.3, -0.25) is 14.0 Å². The third kappa shape index (κ3) is 5.95. The average Bonchev–Trinajstić information content (AvgIpc) is 2.62.